The highest BCUT2D eigenvalue weighted by molar-refractivity contribution is 5.93. The van der Waals surface area contributed by atoms with Gasteiger partial charge < -0.3 is 4.74 Å². The van der Waals surface area contributed by atoms with E-state index in [1.807, 2.05) is 12.1 Å². The molecule has 6 heteroatoms. The van der Waals surface area contributed by atoms with Gasteiger partial charge in [-0.1, -0.05) is 30.3 Å². The van der Waals surface area contributed by atoms with Crippen molar-refractivity contribution in [3.05, 3.63) is 65.2 Å². The fraction of sp³-hybridized carbons (Fsp3) is 0.391. The number of hydrogen-bond acceptors (Lipinski definition) is 2. The summed E-state index contributed by atoms with van der Waals surface area (Å²) in [6.07, 6.45) is -2.38. The van der Waals surface area contributed by atoms with Crippen LogP contribution in [0, 0.1) is 0 Å². The molecular weight excluding hydrogens is 379 g/mol. The molecule has 0 amide bonds. The van der Waals surface area contributed by atoms with E-state index in [0.29, 0.717) is 6.54 Å². The molecule has 0 N–H and O–H groups in total. The summed E-state index contributed by atoms with van der Waals surface area (Å²) >= 11 is 0. The van der Waals surface area contributed by atoms with Crippen LogP contribution < -0.4 is 0 Å². The molecule has 0 saturated carbocycles. The molecule has 1 aliphatic rings. The van der Waals surface area contributed by atoms with E-state index in [2.05, 4.69) is 42.2 Å². The SMILES string of the molecule is CC1=[N+](Cc2ccc(C(=O)OCC(F)(F)C(C)F)cc2)c2ccccc2C1(C)C. The second-order valence-electron chi connectivity index (χ2n) is 7.96. The van der Waals surface area contributed by atoms with Gasteiger partial charge in [0.05, 0.1) is 11.0 Å². The fourth-order valence-corrected chi connectivity index (χ4v) is 3.44. The molecule has 0 bridgehead atoms. The Morgan fingerprint density at radius 1 is 1.14 bits per heavy atom. The molecule has 3 rings (SSSR count). The number of fused-ring (bicyclic) bond motifs is 1. The van der Waals surface area contributed by atoms with Crippen molar-refractivity contribution in [1.29, 1.82) is 0 Å². The van der Waals surface area contributed by atoms with Gasteiger partial charge in [0, 0.05) is 24.1 Å². The predicted molar refractivity (Wildman–Crippen MR) is 106 cm³/mol. The minimum atomic E-state index is -3.70. The lowest BCUT2D eigenvalue weighted by Crippen LogP contribution is -2.34. The van der Waals surface area contributed by atoms with Crippen LogP contribution in [0.5, 0.6) is 0 Å². The number of carbonyl (C=O) groups is 1. The Balaban J connectivity index is 1.73. The van der Waals surface area contributed by atoms with Gasteiger partial charge in [0.2, 0.25) is 5.69 Å². The van der Waals surface area contributed by atoms with E-state index >= 15 is 0 Å². The molecule has 0 aliphatic carbocycles. The van der Waals surface area contributed by atoms with Crippen molar-refractivity contribution >= 4 is 17.4 Å². The third-order valence-corrected chi connectivity index (χ3v) is 5.69. The molecule has 0 saturated heterocycles. The molecule has 154 valence electrons. The first-order chi connectivity index (χ1) is 13.5. The monoisotopic (exact) mass is 404 g/mol. The van der Waals surface area contributed by atoms with Crippen LogP contribution in [0.15, 0.2) is 48.5 Å². The van der Waals surface area contributed by atoms with Crippen molar-refractivity contribution in [3.63, 3.8) is 0 Å². The number of ether oxygens (including phenoxy) is 1. The fourth-order valence-electron chi connectivity index (χ4n) is 3.44. The minimum absolute atomic E-state index is 0.0703. The zero-order valence-electron chi connectivity index (χ0n) is 17.0. The first-order valence-electron chi connectivity index (χ1n) is 9.53. The Morgan fingerprint density at radius 2 is 1.76 bits per heavy atom. The number of benzene rings is 2. The minimum Gasteiger partial charge on any atom is -0.456 e. The van der Waals surface area contributed by atoms with E-state index < -0.39 is 24.7 Å². The molecule has 2 aromatic carbocycles. The van der Waals surface area contributed by atoms with Crippen LogP contribution in [-0.2, 0) is 16.7 Å². The highest BCUT2D eigenvalue weighted by Gasteiger charge is 2.42. The van der Waals surface area contributed by atoms with Gasteiger partial charge in [0.25, 0.3) is 0 Å². The van der Waals surface area contributed by atoms with Crippen LogP contribution in [0.4, 0.5) is 18.9 Å². The van der Waals surface area contributed by atoms with Gasteiger partial charge in [-0.2, -0.15) is 13.4 Å². The summed E-state index contributed by atoms with van der Waals surface area (Å²) < 4.78 is 46.2. The van der Waals surface area contributed by atoms with Crippen molar-refractivity contribution in [2.75, 3.05) is 6.61 Å². The Kier molecular flexibility index (Phi) is 5.57. The van der Waals surface area contributed by atoms with Crippen molar-refractivity contribution < 1.29 is 27.3 Å². The summed E-state index contributed by atoms with van der Waals surface area (Å²) in [5, 5.41) is 0. The topological polar surface area (TPSA) is 29.3 Å². The zero-order valence-corrected chi connectivity index (χ0v) is 17.0. The quantitative estimate of drug-likeness (QED) is 0.474. The molecule has 0 fully saturated rings. The molecule has 1 aliphatic heterocycles. The number of esters is 1. The summed E-state index contributed by atoms with van der Waals surface area (Å²) in [6.45, 7) is 6.57. The summed E-state index contributed by atoms with van der Waals surface area (Å²) in [4.78, 5) is 12.0. The second-order valence-corrected chi connectivity index (χ2v) is 7.96. The normalized spacial score (nSPS) is 16.5. The van der Waals surface area contributed by atoms with E-state index in [1.165, 1.54) is 23.4 Å². The third kappa shape index (κ3) is 4.07. The van der Waals surface area contributed by atoms with Crippen LogP contribution in [0.25, 0.3) is 0 Å². The zero-order chi connectivity index (χ0) is 21.4. The number of hydrogen-bond donors (Lipinski definition) is 0. The Hall–Kier alpha value is -2.63. The molecule has 3 nitrogen and oxygen atoms in total. The molecule has 1 heterocycles. The number of alkyl halides is 3. The highest BCUT2D eigenvalue weighted by atomic mass is 19.3. The molecule has 29 heavy (non-hydrogen) atoms. The van der Waals surface area contributed by atoms with Crippen LogP contribution in [-0.4, -0.2) is 35.0 Å². The Labute approximate surface area is 168 Å². The predicted octanol–water partition coefficient (Wildman–Crippen LogP) is 5.43. The van der Waals surface area contributed by atoms with Crippen LogP contribution in [0.2, 0.25) is 0 Å². The van der Waals surface area contributed by atoms with Crippen molar-refractivity contribution in [2.45, 2.75) is 51.7 Å². The largest absolute Gasteiger partial charge is 0.456 e. The average Bonchev–Trinajstić information content (AvgIpc) is 2.88. The molecular formula is C23H25F3NO2+. The highest BCUT2D eigenvalue weighted by Crippen LogP contribution is 2.39. The van der Waals surface area contributed by atoms with Gasteiger partial charge in [-0.25, -0.2) is 9.18 Å². The maximum atomic E-state index is 13.3. The lowest BCUT2D eigenvalue weighted by molar-refractivity contribution is -0.456. The lowest BCUT2D eigenvalue weighted by Gasteiger charge is -2.17. The third-order valence-electron chi connectivity index (χ3n) is 5.69. The second kappa shape index (κ2) is 7.65. The number of rotatable bonds is 6. The number of nitrogens with zero attached hydrogens (tertiary/aromatic N) is 1. The van der Waals surface area contributed by atoms with Gasteiger partial charge in [-0.05, 0) is 32.9 Å². The van der Waals surface area contributed by atoms with Gasteiger partial charge >= 0.3 is 11.9 Å². The molecule has 0 aromatic heterocycles. The van der Waals surface area contributed by atoms with Gasteiger partial charge in [0.15, 0.2) is 25.0 Å². The van der Waals surface area contributed by atoms with Gasteiger partial charge in [-0.15, -0.1) is 0 Å². The molecule has 1 unspecified atom stereocenters. The van der Waals surface area contributed by atoms with Crippen LogP contribution in [0.1, 0.15) is 49.2 Å². The molecule has 0 radical (unpaired) electrons. The number of carbonyl (C=O) groups excluding carboxylic acids is 1. The van der Waals surface area contributed by atoms with E-state index in [0.717, 1.165) is 18.2 Å². The van der Waals surface area contributed by atoms with Crippen molar-refractivity contribution in [2.24, 2.45) is 0 Å². The van der Waals surface area contributed by atoms with E-state index in [9.17, 15) is 18.0 Å². The first kappa shape index (κ1) is 21.1. The molecule has 0 spiro atoms. The van der Waals surface area contributed by atoms with Crippen molar-refractivity contribution in [1.82, 2.24) is 0 Å². The van der Waals surface area contributed by atoms with E-state index in [-0.39, 0.29) is 11.0 Å². The van der Waals surface area contributed by atoms with Crippen molar-refractivity contribution in [3.8, 4) is 0 Å². The average molecular weight is 404 g/mol. The standard InChI is InChI=1S/C23H25F3NO2/c1-15(24)23(25,26)14-29-21(28)18-11-9-17(10-12-18)13-27-16(2)22(3,4)19-7-5-6-8-20(19)27/h5-12,15H,13-14H2,1-4H3/q+1. The number of para-hydroxylation sites is 1. The lowest BCUT2D eigenvalue weighted by atomic mass is 9.82. The summed E-state index contributed by atoms with van der Waals surface area (Å²) in [6, 6.07) is 14.9. The smallest absolute Gasteiger partial charge is 0.338 e. The summed E-state index contributed by atoms with van der Waals surface area (Å²) in [7, 11) is 0. The summed E-state index contributed by atoms with van der Waals surface area (Å²) in [5.41, 5.74) is 4.70. The Morgan fingerprint density at radius 3 is 2.38 bits per heavy atom. The molecule has 1 atom stereocenters. The van der Waals surface area contributed by atoms with Crippen LogP contribution in [0.3, 0.4) is 0 Å². The maximum Gasteiger partial charge on any atom is 0.338 e. The maximum absolute atomic E-state index is 13.3. The summed E-state index contributed by atoms with van der Waals surface area (Å²) in [5.74, 6) is -4.59. The van der Waals surface area contributed by atoms with E-state index in [1.54, 1.807) is 12.1 Å². The molecule has 2 aromatic rings. The first-order valence-corrected chi connectivity index (χ1v) is 9.53. The van der Waals surface area contributed by atoms with Gasteiger partial charge in [-0.3, -0.25) is 0 Å². The van der Waals surface area contributed by atoms with E-state index in [4.69, 9.17) is 0 Å². The Bertz CT molecular complexity index is 947. The van der Waals surface area contributed by atoms with Gasteiger partial charge in [0.1, 0.15) is 0 Å². The van der Waals surface area contributed by atoms with Crippen LogP contribution >= 0.6 is 0 Å². The number of halogens is 3.